The van der Waals surface area contributed by atoms with Gasteiger partial charge in [-0.3, -0.25) is 4.79 Å². The number of ketones is 1. The monoisotopic (exact) mass is 413 g/mol. The van der Waals surface area contributed by atoms with Crippen molar-refractivity contribution in [1.29, 1.82) is 0 Å². The Bertz CT molecular complexity index is 1080. The zero-order chi connectivity index (χ0) is 21.3. The normalized spacial score (nSPS) is 12.1. The number of nitrogens with zero attached hydrogens (tertiary/aromatic N) is 2. The number of esters is 1. The second-order valence-electron chi connectivity index (χ2n) is 6.91. The molecule has 2 heterocycles. The fraction of sp³-hybridized carbons (Fsp3) is 0.333. The molecule has 29 heavy (non-hydrogen) atoms. The molecule has 1 N–H and O–H groups in total. The molecular weight excluding hydrogens is 390 g/mol. The molecular formula is C21H23N3O4S. The molecule has 0 spiro atoms. The van der Waals surface area contributed by atoms with E-state index in [2.05, 4.69) is 15.2 Å². The van der Waals surface area contributed by atoms with Gasteiger partial charge in [-0.1, -0.05) is 17.8 Å². The van der Waals surface area contributed by atoms with Crippen LogP contribution >= 0.6 is 11.8 Å². The van der Waals surface area contributed by atoms with Crippen molar-refractivity contribution in [1.82, 2.24) is 15.2 Å². The van der Waals surface area contributed by atoms with E-state index < -0.39 is 11.2 Å². The Kier molecular flexibility index (Phi) is 5.93. The number of carbonyl (C=O) groups is 2. The number of nitrogens with one attached hydrogen (secondary N) is 1. The van der Waals surface area contributed by atoms with E-state index in [0.29, 0.717) is 33.6 Å². The smallest absolute Gasteiger partial charge is 0.339 e. The van der Waals surface area contributed by atoms with Gasteiger partial charge in [-0.25, -0.2) is 4.79 Å². The highest BCUT2D eigenvalue weighted by Crippen LogP contribution is 2.30. The summed E-state index contributed by atoms with van der Waals surface area (Å²) in [5.74, 6) is -0.211. The molecule has 0 aliphatic carbocycles. The van der Waals surface area contributed by atoms with Crippen molar-refractivity contribution in [3.05, 3.63) is 51.8 Å². The van der Waals surface area contributed by atoms with Gasteiger partial charge in [0, 0.05) is 11.3 Å². The number of hydrogen-bond acceptors (Lipinski definition) is 7. The summed E-state index contributed by atoms with van der Waals surface area (Å²) in [5.41, 5.74) is 5.12. The molecule has 0 amide bonds. The zero-order valence-corrected chi connectivity index (χ0v) is 18.1. The number of methoxy groups -OCH3 is 1. The lowest BCUT2D eigenvalue weighted by molar-refractivity contribution is 0.0599. The highest BCUT2D eigenvalue weighted by molar-refractivity contribution is 8.00. The van der Waals surface area contributed by atoms with Crippen molar-refractivity contribution >= 4 is 23.5 Å². The first-order chi connectivity index (χ1) is 13.7. The Morgan fingerprint density at radius 2 is 1.86 bits per heavy atom. The number of Topliss-reactive ketones (excluding diaryl/α,β-unsaturated/α-hetero) is 1. The summed E-state index contributed by atoms with van der Waals surface area (Å²) in [7, 11) is 1.32. The van der Waals surface area contributed by atoms with Crippen molar-refractivity contribution in [2.75, 3.05) is 7.11 Å². The number of ether oxygens (including phenoxy) is 1. The molecule has 3 rings (SSSR count). The molecule has 0 bridgehead atoms. The number of rotatable bonds is 6. The van der Waals surface area contributed by atoms with Crippen molar-refractivity contribution in [3.63, 3.8) is 0 Å². The molecule has 8 heteroatoms. The first kappa shape index (κ1) is 20.9. The van der Waals surface area contributed by atoms with Gasteiger partial charge in [0.25, 0.3) is 5.22 Å². The van der Waals surface area contributed by atoms with E-state index in [1.807, 2.05) is 32.0 Å². The molecule has 0 fully saturated rings. The lowest BCUT2D eigenvalue weighted by atomic mass is 10.1. The minimum atomic E-state index is -0.481. The Morgan fingerprint density at radius 1 is 1.14 bits per heavy atom. The number of thioether (sulfide) groups is 1. The number of aromatic nitrogens is 3. The van der Waals surface area contributed by atoms with Crippen molar-refractivity contribution in [2.45, 2.75) is 45.1 Å². The van der Waals surface area contributed by atoms with Crippen LogP contribution in [0.15, 0.2) is 27.8 Å². The summed E-state index contributed by atoms with van der Waals surface area (Å²) >= 11 is 1.18. The van der Waals surface area contributed by atoms with E-state index in [-0.39, 0.29) is 5.78 Å². The van der Waals surface area contributed by atoms with Crippen molar-refractivity contribution < 1.29 is 18.7 Å². The molecule has 2 aromatic heterocycles. The molecule has 152 valence electrons. The first-order valence-corrected chi connectivity index (χ1v) is 10.00. The summed E-state index contributed by atoms with van der Waals surface area (Å²) in [4.78, 5) is 27.9. The third kappa shape index (κ3) is 4.12. The molecule has 0 saturated carbocycles. The second-order valence-corrected chi connectivity index (χ2v) is 8.21. The van der Waals surface area contributed by atoms with Crippen LogP contribution in [0.25, 0.3) is 11.5 Å². The number of benzene rings is 1. The quantitative estimate of drug-likeness (QED) is 0.362. The first-order valence-electron chi connectivity index (χ1n) is 9.12. The van der Waals surface area contributed by atoms with E-state index in [1.165, 1.54) is 24.4 Å². The Balaban J connectivity index is 1.78. The lowest BCUT2D eigenvalue weighted by Crippen LogP contribution is -2.15. The van der Waals surface area contributed by atoms with Gasteiger partial charge >= 0.3 is 5.97 Å². The van der Waals surface area contributed by atoms with Crippen LogP contribution in [0, 0.1) is 27.7 Å². The SMILES string of the molecule is COC(=O)c1c(C)[nH]c(C(=O)[C@H](C)Sc2nnc(-c3ccc(C)c(C)c3)o2)c1C. The molecule has 0 saturated heterocycles. The minimum Gasteiger partial charge on any atom is -0.465 e. The van der Waals surface area contributed by atoms with Gasteiger partial charge in [-0.05, 0) is 63.4 Å². The summed E-state index contributed by atoms with van der Waals surface area (Å²) < 4.78 is 10.5. The van der Waals surface area contributed by atoms with E-state index >= 15 is 0 Å². The fourth-order valence-corrected chi connectivity index (χ4v) is 3.80. The zero-order valence-electron chi connectivity index (χ0n) is 17.2. The van der Waals surface area contributed by atoms with Gasteiger partial charge in [-0.2, -0.15) is 0 Å². The van der Waals surface area contributed by atoms with Gasteiger partial charge in [0.1, 0.15) is 0 Å². The van der Waals surface area contributed by atoms with Crippen LogP contribution in [0.4, 0.5) is 0 Å². The summed E-state index contributed by atoms with van der Waals surface area (Å²) in [6.07, 6.45) is 0. The van der Waals surface area contributed by atoms with Gasteiger partial charge in [0.15, 0.2) is 5.78 Å². The van der Waals surface area contributed by atoms with Crippen molar-refractivity contribution in [2.24, 2.45) is 0 Å². The van der Waals surface area contributed by atoms with Gasteiger partial charge in [-0.15, -0.1) is 10.2 Å². The van der Waals surface area contributed by atoms with Crippen molar-refractivity contribution in [3.8, 4) is 11.5 Å². The van der Waals surface area contributed by atoms with Crippen LogP contribution in [0.3, 0.4) is 0 Å². The number of H-pyrrole nitrogens is 1. The third-order valence-electron chi connectivity index (χ3n) is 4.88. The Labute approximate surface area is 173 Å². The third-order valence-corrected chi connectivity index (χ3v) is 5.81. The van der Waals surface area contributed by atoms with Gasteiger partial charge in [0.2, 0.25) is 5.89 Å². The summed E-state index contributed by atoms with van der Waals surface area (Å²) in [6, 6.07) is 5.92. The maximum atomic E-state index is 12.9. The van der Waals surface area contributed by atoms with E-state index in [9.17, 15) is 9.59 Å². The summed E-state index contributed by atoms with van der Waals surface area (Å²) in [6.45, 7) is 9.29. The molecule has 1 atom stereocenters. The molecule has 0 aliphatic rings. The molecule has 0 aliphatic heterocycles. The van der Waals surface area contributed by atoms with Crippen LogP contribution in [0.2, 0.25) is 0 Å². The predicted molar refractivity (Wildman–Crippen MR) is 110 cm³/mol. The average molecular weight is 413 g/mol. The van der Waals surface area contributed by atoms with Crippen LogP contribution < -0.4 is 0 Å². The van der Waals surface area contributed by atoms with Gasteiger partial charge in [0.05, 0.1) is 23.6 Å². The number of hydrogen-bond donors (Lipinski definition) is 1. The van der Waals surface area contributed by atoms with Crippen LogP contribution in [0.1, 0.15) is 50.2 Å². The molecule has 0 radical (unpaired) electrons. The predicted octanol–water partition coefficient (Wildman–Crippen LogP) is 4.45. The lowest BCUT2D eigenvalue weighted by Gasteiger charge is -2.07. The highest BCUT2D eigenvalue weighted by Gasteiger charge is 2.27. The average Bonchev–Trinajstić information content (AvgIpc) is 3.27. The maximum absolute atomic E-state index is 12.9. The van der Waals surface area contributed by atoms with Crippen LogP contribution in [-0.4, -0.2) is 39.3 Å². The maximum Gasteiger partial charge on any atom is 0.339 e. The number of aromatic amines is 1. The Hall–Kier alpha value is -2.87. The Morgan fingerprint density at radius 3 is 2.52 bits per heavy atom. The number of aryl methyl sites for hydroxylation is 3. The van der Waals surface area contributed by atoms with Crippen LogP contribution in [-0.2, 0) is 4.74 Å². The van der Waals surface area contributed by atoms with E-state index in [1.54, 1.807) is 20.8 Å². The largest absolute Gasteiger partial charge is 0.465 e. The molecule has 7 nitrogen and oxygen atoms in total. The summed E-state index contributed by atoms with van der Waals surface area (Å²) in [5, 5.41) is 7.98. The fourth-order valence-electron chi connectivity index (χ4n) is 3.06. The van der Waals surface area contributed by atoms with Crippen LogP contribution in [0.5, 0.6) is 0 Å². The van der Waals surface area contributed by atoms with E-state index in [4.69, 9.17) is 9.15 Å². The molecule has 1 aromatic carbocycles. The molecule has 3 aromatic rings. The second kappa shape index (κ2) is 8.24. The number of carbonyl (C=O) groups excluding carboxylic acids is 2. The topological polar surface area (TPSA) is 98.1 Å². The molecule has 0 unspecified atom stereocenters. The standard InChI is InChI=1S/C21H23N3O4S/c1-10-7-8-15(9-11(10)2)19-23-24-21(28-19)29-14(5)18(25)17-12(3)16(13(4)22-17)20(26)27-6/h7-9,14,22H,1-6H3/t14-/m0/s1. The van der Waals surface area contributed by atoms with Gasteiger partial charge < -0.3 is 14.1 Å². The minimum absolute atomic E-state index is 0.156. The highest BCUT2D eigenvalue weighted by atomic mass is 32.2. The van der Waals surface area contributed by atoms with E-state index in [0.717, 1.165) is 11.1 Å².